The number of hydrogen-bond acceptors (Lipinski definition) is 3. The summed E-state index contributed by atoms with van der Waals surface area (Å²) in [7, 11) is 0. The lowest BCUT2D eigenvalue weighted by molar-refractivity contribution is -0.128. The number of rotatable bonds is 4. The maximum absolute atomic E-state index is 12.6. The van der Waals surface area contributed by atoms with Gasteiger partial charge in [-0.3, -0.25) is 10.2 Å². The third-order valence-corrected chi connectivity index (χ3v) is 1.90. The van der Waals surface area contributed by atoms with Gasteiger partial charge in [-0.05, 0) is 30.7 Å². The summed E-state index contributed by atoms with van der Waals surface area (Å²) in [6, 6.07) is 5.45. The van der Waals surface area contributed by atoms with Crippen LogP contribution in [0, 0.1) is 5.82 Å². The minimum Gasteiger partial charge on any atom is -0.481 e. The van der Waals surface area contributed by atoms with Crippen LogP contribution in [0.4, 0.5) is 4.39 Å². The van der Waals surface area contributed by atoms with Crippen LogP contribution < -0.4 is 16.0 Å². The van der Waals surface area contributed by atoms with Crippen LogP contribution in [0.1, 0.15) is 13.3 Å². The number of hydrazine groups is 1. The Balaban J connectivity index is 2.66. The second-order valence-electron chi connectivity index (χ2n) is 2.98. The highest BCUT2D eigenvalue weighted by atomic mass is 19.1. The topological polar surface area (TPSA) is 64.3 Å². The monoisotopic (exact) mass is 212 g/mol. The van der Waals surface area contributed by atoms with Crippen molar-refractivity contribution < 1.29 is 13.9 Å². The van der Waals surface area contributed by atoms with Crippen molar-refractivity contribution in [1.29, 1.82) is 0 Å². The Bertz CT molecular complexity index is 327. The van der Waals surface area contributed by atoms with Crippen LogP contribution in [0.15, 0.2) is 24.3 Å². The molecule has 0 aliphatic rings. The fourth-order valence-electron chi connectivity index (χ4n) is 1.09. The number of amides is 1. The average Bonchev–Trinajstić information content (AvgIpc) is 2.27. The van der Waals surface area contributed by atoms with Gasteiger partial charge in [0.2, 0.25) is 0 Å². The summed E-state index contributed by atoms with van der Waals surface area (Å²) < 4.78 is 17.9. The van der Waals surface area contributed by atoms with Crippen molar-refractivity contribution in [3.8, 4) is 5.75 Å². The van der Waals surface area contributed by atoms with Gasteiger partial charge in [-0.1, -0.05) is 6.92 Å². The summed E-state index contributed by atoms with van der Waals surface area (Å²) in [5.41, 5.74) is 2.01. The van der Waals surface area contributed by atoms with Gasteiger partial charge in [-0.2, -0.15) is 0 Å². The molecule has 0 radical (unpaired) electrons. The Kier molecular flexibility index (Phi) is 4.05. The molecule has 82 valence electrons. The summed E-state index contributed by atoms with van der Waals surface area (Å²) in [5.74, 6) is 4.67. The molecule has 0 aliphatic heterocycles. The van der Waals surface area contributed by atoms with E-state index in [4.69, 9.17) is 10.6 Å². The van der Waals surface area contributed by atoms with E-state index in [9.17, 15) is 9.18 Å². The van der Waals surface area contributed by atoms with Crippen LogP contribution in [-0.2, 0) is 4.79 Å². The van der Waals surface area contributed by atoms with E-state index in [2.05, 4.69) is 0 Å². The Morgan fingerprint density at radius 3 is 2.60 bits per heavy atom. The lowest BCUT2D eigenvalue weighted by atomic mass is 10.2. The number of halogens is 1. The summed E-state index contributed by atoms with van der Waals surface area (Å²) >= 11 is 0. The molecule has 0 aliphatic carbocycles. The van der Waals surface area contributed by atoms with Gasteiger partial charge >= 0.3 is 0 Å². The Labute approximate surface area is 87.2 Å². The zero-order chi connectivity index (χ0) is 11.3. The van der Waals surface area contributed by atoms with Crippen LogP contribution in [0.5, 0.6) is 5.75 Å². The highest BCUT2D eigenvalue weighted by molar-refractivity contribution is 5.80. The number of carbonyl (C=O) groups excluding carboxylic acids is 1. The number of hydrogen-bond donors (Lipinski definition) is 2. The fourth-order valence-corrected chi connectivity index (χ4v) is 1.09. The normalized spacial score (nSPS) is 11.9. The second-order valence-corrected chi connectivity index (χ2v) is 2.98. The molecule has 1 aromatic rings. The van der Waals surface area contributed by atoms with Crippen molar-refractivity contribution in [2.75, 3.05) is 0 Å². The predicted molar refractivity (Wildman–Crippen MR) is 53.4 cm³/mol. The van der Waals surface area contributed by atoms with Crippen LogP contribution in [0.25, 0.3) is 0 Å². The lowest BCUT2D eigenvalue weighted by Gasteiger charge is -2.15. The van der Waals surface area contributed by atoms with E-state index in [1.165, 1.54) is 24.3 Å². The molecule has 1 rings (SSSR count). The van der Waals surface area contributed by atoms with Gasteiger partial charge in [0.25, 0.3) is 5.91 Å². The maximum Gasteiger partial charge on any atom is 0.274 e. The van der Waals surface area contributed by atoms with Gasteiger partial charge in [0.05, 0.1) is 0 Å². The summed E-state index contributed by atoms with van der Waals surface area (Å²) in [6.45, 7) is 1.80. The second kappa shape index (κ2) is 5.31. The molecule has 0 saturated carbocycles. The summed E-state index contributed by atoms with van der Waals surface area (Å²) in [6.07, 6.45) is -0.166. The molecule has 5 heteroatoms. The molecule has 0 heterocycles. The quantitative estimate of drug-likeness (QED) is 0.444. The number of nitrogens with two attached hydrogens (primary N) is 1. The first kappa shape index (κ1) is 11.5. The van der Waals surface area contributed by atoms with Gasteiger partial charge in [-0.15, -0.1) is 0 Å². The Morgan fingerprint density at radius 1 is 1.53 bits per heavy atom. The SMILES string of the molecule is CCC(Oc1ccc(F)cc1)C(=O)NN. The van der Waals surface area contributed by atoms with E-state index in [1.54, 1.807) is 6.92 Å². The minimum absolute atomic E-state index is 0.348. The van der Waals surface area contributed by atoms with E-state index in [-0.39, 0.29) is 5.82 Å². The standard InChI is InChI=1S/C10H13FN2O2/c1-2-9(10(14)13-12)15-8-5-3-7(11)4-6-8/h3-6,9H,2,12H2,1H3,(H,13,14). The molecule has 0 saturated heterocycles. The van der Waals surface area contributed by atoms with Crippen molar-refractivity contribution in [2.24, 2.45) is 5.84 Å². The van der Waals surface area contributed by atoms with Crippen LogP contribution in [-0.4, -0.2) is 12.0 Å². The molecule has 3 N–H and O–H groups in total. The predicted octanol–water partition coefficient (Wildman–Crippen LogP) is 0.973. The van der Waals surface area contributed by atoms with Gasteiger partial charge in [0.1, 0.15) is 11.6 Å². The Morgan fingerprint density at radius 2 is 2.13 bits per heavy atom. The van der Waals surface area contributed by atoms with Crippen molar-refractivity contribution >= 4 is 5.91 Å². The largest absolute Gasteiger partial charge is 0.481 e. The van der Waals surface area contributed by atoms with Gasteiger partial charge in [0, 0.05) is 0 Å². The highest BCUT2D eigenvalue weighted by Crippen LogP contribution is 2.14. The smallest absolute Gasteiger partial charge is 0.274 e. The number of carbonyl (C=O) groups is 1. The molecule has 1 amide bonds. The molecular formula is C10H13FN2O2. The van der Waals surface area contributed by atoms with E-state index in [1.807, 2.05) is 5.43 Å². The van der Waals surface area contributed by atoms with E-state index < -0.39 is 12.0 Å². The van der Waals surface area contributed by atoms with Crippen molar-refractivity contribution in [1.82, 2.24) is 5.43 Å². The van der Waals surface area contributed by atoms with Gasteiger partial charge < -0.3 is 4.74 Å². The molecule has 0 fully saturated rings. The minimum atomic E-state index is -0.652. The third-order valence-electron chi connectivity index (χ3n) is 1.90. The van der Waals surface area contributed by atoms with Crippen molar-refractivity contribution in [2.45, 2.75) is 19.4 Å². The van der Waals surface area contributed by atoms with Gasteiger partial charge in [-0.25, -0.2) is 10.2 Å². The maximum atomic E-state index is 12.6. The molecule has 15 heavy (non-hydrogen) atoms. The van der Waals surface area contributed by atoms with Gasteiger partial charge in [0.15, 0.2) is 6.10 Å². The van der Waals surface area contributed by atoms with Crippen LogP contribution in [0.3, 0.4) is 0 Å². The van der Waals surface area contributed by atoms with Crippen molar-refractivity contribution in [3.63, 3.8) is 0 Å². The lowest BCUT2D eigenvalue weighted by Crippen LogP contribution is -2.41. The first-order valence-corrected chi connectivity index (χ1v) is 4.60. The molecule has 0 spiro atoms. The number of nitrogens with one attached hydrogen (secondary N) is 1. The van der Waals surface area contributed by atoms with Crippen molar-refractivity contribution in [3.05, 3.63) is 30.1 Å². The number of benzene rings is 1. The first-order valence-electron chi connectivity index (χ1n) is 4.60. The molecular weight excluding hydrogens is 199 g/mol. The molecule has 1 atom stereocenters. The van der Waals surface area contributed by atoms with Crippen LogP contribution >= 0.6 is 0 Å². The first-order chi connectivity index (χ1) is 7.17. The summed E-state index contributed by atoms with van der Waals surface area (Å²) in [5, 5.41) is 0. The highest BCUT2D eigenvalue weighted by Gasteiger charge is 2.16. The zero-order valence-electron chi connectivity index (χ0n) is 8.37. The molecule has 0 aromatic heterocycles. The van der Waals surface area contributed by atoms with E-state index in [0.29, 0.717) is 12.2 Å². The van der Waals surface area contributed by atoms with E-state index in [0.717, 1.165) is 0 Å². The Hall–Kier alpha value is -1.62. The molecule has 1 aromatic carbocycles. The third kappa shape index (κ3) is 3.21. The molecule has 1 unspecified atom stereocenters. The summed E-state index contributed by atoms with van der Waals surface area (Å²) in [4.78, 5) is 11.2. The zero-order valence-corrected chi connectivity index (χ0v) is 8.37. The molecule has 0 bridgehead atoms. The van der Waals surface area contributed by atoms with Crippen LogP contribution in [0.2, 0.25) is 0 Å². The number of ether oxygens (including phenoxy) is 1. The average molecular weight is 212 g/mol. The molecule has 4 nitrogen and oxygen atoms in total. The van der Waals surface area contributed by atoms with E-state index >= 15 is 0 Å². The fraction of sp³-hybridized carbons (Fsp3) is 0.300.